The van der Waals surface area contributed by atoms with E-state index in [2.05, 4.69) is 193 Å². The molecule has 1 unspecified atom stereocenters. The van der Waals surface area contributed by atoms with E-state index in [4.69, 9.17) is 0 Å². The van der Waals surface area contributed by atoms with Crippen molar-refractivity contribution in [3.05, 3.63) is 203 Å². The molecular formula is C49H34N2. The molecule has 2 heteroatoms. The molecule has 0 N–H and O–H groups in total. The Morgan fingerprint density at radius 3 is 1.82 bits per heavy atom. The Labute approximate surface area is 296 Å². The third-order valence-corrected chi connectivity index (χ3v) is 11.6. The van der Waals surface area contributed by atoms with Gasteiger partial charge in [-0.05, 0) is 100 Å². The summed E-state index contributed by atoms with van der Waals surface area (Å²) in [6.07, 6.45) is 0. The molecule has 0 saturated carbocycles. The summed E-state index contributed by atoms with van der Waals surface area (Å²) < 4.78 is 5.00. The highest BCUT2D eigenvalue weighted by atomic mass is 15.0. The van der Waals surface area contributed by atoms with Gasteiger partial charge in [-0.3, -0.25) is 0 Å². The molecule has 10 aromatic rings. The van der Waals surface area contributed by atoms with Gasteiger partial charge in [0.15, 0.2) is 0 Å². The van der Waals surface area contributed by atoms with Gasteiger partial charge in [0.05, 0.1) is 33.2 Å². The Balaban J connectivity index is 1.35. The predicted molar refractivity (Wildman–Crippen MR) is 214 cm³/mol. The normalized spacial score (nSPS) is 15.3. The van der Waals surface area contributed by atoms with Crippen molar-refractivity contribution in [3.8, 4) is 11.4 Å². The molecule has 51 heavy (non-hydrogen) atoms. The summed E-state index contributed by atoms with van der Waals surface area (Å²) in [4.78, 5) is 0. The van der Waals surface area contributed by atoms with Gasteiger partial charge < -0.3 is 9.13 Å². The first-order chi connectivity index (χ1) is 25.1. The van der Waals surface area contributed by atoms with Crippen LogP contribution in [0.25, 0.3) is 65.8 Å². The molecule has 1 atom stereocenters. The minimum atomic E-state index is -0.575. The number of hydrogen-bond acceptors (Lipinski definition) is 0. The highest BCUT2D eigenvalue weighted by Crippen LogP contribution is 2.56. The molecule has 0 aliphatic carbocycles. The van der Waals surface area contributed by atoms with Crippen molar-refractivity contribution < 1.29 is 0 Å². The van der Waals surface area contributed by atoms with Gasteiger partial charge in [-0.2, -0.15) is 0 Å². The molecule has 8 aromatic carbocycles. The molecule has 0 bridgehead atoms. The molecule has 0 spiro atoms. The van der Waals surface area contributed by atoms with Crippen molar-refractivity contribution in [1.82, 2.24) is 9.13 Å². The van der Waals surface area contributed by atoms with Gasteiger partial charge in [0.2, 0.25) is 0 Å². The first-order valence-electron chi connectivity index (χ1n) is 17.9. The number of rotatable bonds is 3. The summed E-state index contributed by atoms with van der Waals surface area (Å²) in [6.45, 7) is 4.60. The van der Waals surface area contributed by atoms with Gasteiger partial charge in [0, 0.05) is 27.2 Å². The van der Waals surface area contributed by atoms with Crippen LogP contribution in [0.1, 0.15) is 33.4 Å². The maximum absolute atomic E-state index is 2.53. The quantitative estimate of drug-likeness (QED) is 0.180. The number of para-hydroxylation sites is 4. The third kappa shape index (κ3) is 3.66. The SMILES string of the molecule is Cc1ccccc1C1(c2cc3c(cc2C)c2ccccc2n3-c2ccc3ccccc3c2)c2ccccc2-n2c3ccccc3c3cccc1c32. The van der Waals surface area contributed by atoms with E-state index in [9.17, 15) is 0 Å². The van der Waals surface area contributed by atoms with E-state index in [0.717, 1.165) is 0 Å². The molecule has 240 valence electrons. The third-order valence-electron chi connectivity index (χ3n) is 11.6. The molecule has 0 radical (unpaired) electrons. The molecular weight excluding hydrogens is 617 g/mol. The first-order valence-corrected chi connectivity index (χ1v) is 17.9. The number of aryl methyl sites for hydroxylation is 2. The second-order valence-corrected chi connectivity index (χ2v) is 14.2. The lowest BCUT2D eigenvalue weighted by Gasteiger charge is -2.43. The first kappa shape index (κ1) is 28.5. The highest BCUT2D eigenvalue weighted by molar-refractivity contribution is 6.13. The van der Waals surface area contributed by atoms with Gasteiger partial charge in [0.1, 0.15) is 0 Å². The Kier molecular flexibility index (Phi) is 5.76. The summed E-state index contributed by atoms with van der Waals surface area (Å²) in [5.74, 6) is 0. The van der Waals surface area contributed by atoms with Gasteiger partial charge in [-0.15, -0.1) is 0 Å². The fourth-order valence-electron chi connectivity index (χ4n) is 9.54. The summed E-state index contributed by atoms with van der Waals surface area (Å²) in [6, 6.07) is 63.4. The zero-order valence-corrected chi connectivity index (χ0v) is 28.6. The summed E-state index contributed by atoms with van der Waals surface area (Å²) >= 11 is 0. The average molecular weight is 651 g/mol. The van der Waals surface area contributed by atoms with Gasteiger partial charge >= 0.3 is 0 Å². The van der Waals surface area contributed by atoms with Crippen LogP contribution in [-0.2, 0) is 5.41 Å². The maximum Gasteiger partial charge on any atom is 0.0748 e. The van der Waals surface area contributed by atoms with Gasteiger partial charge in [-0.25, -0.2) is 0 Å². The Hall–Kier alpha value is -6.38. The predicted octanol–water partition coefficient (Wildman–Crippen LogP) is 12.3. The standard InChI is InChI=1S/C49H34N2/c1-31-14-3-8-20-40(31)49(41-21-9-12-25-46(41)51-45-24-11-6-17-36(45)38-19-13-22-42(49)48(38)51)43-30-47-39(28-32(43)2)37-18-7-10-23-44(37)50(47)35-27-26-33-15-4-5-16-34(33)29-35/h3-30H,1-2H3. The monoisotopic (exact) mass is 650 g/mol. The fourth-order valence-corrected chi connectivity index (χ4v) is 9.54. The highest BCUT2D eigenvalue weighted by Gasteiger charge is 2.47. The van der Waals surface area contributed by atoms with Crippen LogP contribution in [0.15, 0.2) is 170 Å². The van der Waals surface area contributed by atoms with E-state index >= 15 is 0 Å². The number of hydrogen-bond donors (Lipinski definition) is 0. The Bertz CT molecular complexity index is 3060. The van der Waals surface area contributed by atoms with Crippen molar-refractivity contribution in [2.75, 3.05) is 0 Å². The van der Waals surface area contributed by atoms with Crippen LogP contribution in [-0.4, -0.2) is 9.13 Å². The van der Waals surface area contributed by atoms with Crippen LogP contribution in [0.4, 0.5) is 0 Å². The van der Waals surface area contributed by atoms with Crippen LogP contribution in [0.5, 0.6) is 0 Å². The maximum atomic E-state index is 2.53. The minimum absolute atomic E-state index is 0.575. The molecule has 2 aromatic heterocycles. The van der Waals surface area contributed by atoms with E-state index in [-0.39, 0.29) is 0 Å². The lowest BCUT2D eigenvalue weighted by Crippen LogP contribution is -2.36. The summed E-state index contributed by atoms with van der Waals surface area (Å²) in [5.41, 5.74) is 14.6. The minimum Gasteiger partial charge on any atom is -0.309 e. The Morgan fingerprint density at radius 2 is 1.00 bits per heavy atom. The van der Waals surface area contributed by atoms with E-state index in [1.807, 2.05) is 0 Å². The zero-order valence-electron chi connectivity index (χ0n) is 28.6. The van der Waals surface area contributed by atoms with Crippen LogP contribution < -0.4 is 0 Å². The fraction of sp³-hybridized carbons (Fsp3) is 0.0612. The van der Waals surface area contributed by atoms with E-state index < -0.39 is 5.41 Å². The molecule has 0 amide bonds. The van der Waals surface area contributed by atoms with Crippen LogP contribution in [0.2, 0.25) is 0 Å². The molecule has 1 aliphatic heterocycles. The van der Waals surface area contributed by atoms with E-state index in [1.165, 1.54) is 99.1 Å². The number of benzene rings is 8. The number of fused-ring (bicyclic) bond motifs is 9. The van der Waals surface area contributed by atoms with Crippen molar-refractivity contribution >= 4 is 54.4 Å². The lowest BCUT2D eigenvalue weighted by atomic mass is 9.61. The second kappa shape index (κ2) is 10.3. The molecule has 0 saturated heterocycles. The number of nitrogens with zero attached hydrogens (tertiary/aromatic N) is 2. The zero-order chi connectivity index (χ0) is 33.8. The molecule has 2 nitrogen and oxygen atoms in total. The van der Waals surface area contributed by atoms with Crippen LogP contribution in [0.3, 0.4) is 0 Å². The van der Waals surface area contributed by atoms with Crippen molar-refractivity contribution in [1.29, 1.82) is 0 Å². The average Bonchev–Trinajstić information content (AvgIpc) is 3.69. The second-order valence-electron chi connectivity index (χ2n) is 14.2. The lowest BCUT2D eigenvalue weighted by molar-refractivity contribution is 0.717. The largest absolute Gasteiger partial charge is 0.309 e. The van der Waals surface area contributed by atoms with Gasteiger partial charge in [-0.1, -0.05) is 127 Å². The van der Waals surface area contributed by atoms with Crippen molar-refractivity contribution in [2.45, 2.75) is 19.3 Å². The Morgan fingerprint density at radius 1 is 0.373 bits per heavy atom. The van der Waals surface area contributed by atoms with E-state index in [1.54, 1.807) is 0 Å². The molecule has 1 aliphatic rings. The van der Waals surface area contributed by atoms with Crippen molar-refractivity contribution in [3.63, 3.8) is 0 Å². The number of aromatic nitrogens is 2. The van der Waals surface area contributed by atoms with Gasteiger partial charge in [0.25, 0.3) is 0 Å². The topological polar surface area (TPSA) is 9.86 Å². The van der Waals surface area contributed by atoms with Crippen LogP contribution in [0, 0.1) is 13.8 Å². The van der Waals surface area contributed by atoms with E-state index in [0.29, 0.717) is 0 Å². The van der Waals surface area contributed by atoms with Crippen LogP contribution >= 0.6 is 0 Å². The molecule has 0 fully saturated rings. The summed E-state index contributed by atoms with van der Waals surface area (Å²) in [5, 5.41) is 7.61. The smallest absolute Gasteiger partial charge is 0.0748 e. The summed E-state index contributed by atoms with van der Waals surface area (Å²) in [7, 11) is 0. The molecule has 3 heterocycles. The van der Waals surface area contributed by atoms with Crippen molar-refractivity contribution in [2.24, 2.45) is 0 Å². The molecule has 11 rings (SSSR count).